The van der Waals surface area contributed by atoms with Crippen LogP contribution in [0.5, 0.6) is 0 Å². The monoisotopic (exact) mass is 476 g/mol. The highest BCUT2D eigenvalue weighted by molar-refractivity contribution is 7.15. The number of fused-ring (bicyclic) bond motifs is 1. The number of thiazole rings is 1. The molecule has 0 unspecified atom stereocenters. The molecular formula is C22H32N6O4S. The highest BCUT2D eigenvalue weighted by Gasteiger charge is 2.29. The highest BCUT2D eigenvalue weighted by atomic mass is 32.1. The maximum atomic E-state index is 12.6. The van der Waals surface area contributed by atoms with Crippen molar-refractivity contribution in [2.45, 2.75) is 46.1 Å². The first-order chi connectivity index (χ1) is 15.2. The number of nitrogens with zero attached hydrogens (tertiary/aromatic N) is 4. The summed E-state index contributed by atoms with van der Waals surface area (Å²) in [5, 5.41) is 13.2. The van der Waals surface area contributed by atoms with Crippen LogP contribution >= 0.6 is 11.3 Å². The molecule has 0 spiro atoms. The van der Waals surface area contributed by atoms with Crippen molar-refractivity contribution in [1.82, 2.24) is 24.8 Å². The Morgan fingerprint density at radius 1 is 1.21 bits per heavy atom. The topological polar surface area (TPSA) is 124 Å². The Morgan fingerprint density at radius 2 is 1.91 bits per heavy atom. The van der Waals surface area contributed by atoms with Crippen molar-refractivity contribution in [3.8, 4) is 0 Å². The van der Waals surface area contributed by atoms with Gasteiger partial charge >= 0.3 is 6.09 Å². The summed E-state index contributed by atoms with van der Waals surface area (Å²) in [6.07, 6.45) is -0.458. The summed E-state index contributed by atoms with van der Waals surface area (Å²) in [5.74, 6) is 0.126. The quantitative estimate of drug-likeness (QED) is 0.487. The molecule has 0 fully saturated rings. The predicted molar refractivity (Wildman–Crippen MR) is 127 cm³/mol. The number of hydrogen-bond donors (Lipinski definition) is 2. The minimum absolute atomic E-state index is 0. The predicted octanol–water partition coefficient (Wildman–Crippen LogP) is 2.74. The van der Waals surface area contributed by atoms with Gasteiger partial charge in [0.25, 0.3) is 0 Å². The van der Waals surface area contributed by atoms with Crippen LogP contribution < -0.4 is 11.1 Å². The van der Waals surface area contributed by atoms with E-state index in [1.165, 1.54) is 16.2 Å². The third-order valence-corrected chi connectivity index (χ3v) is 5.42. The number of ether oxygens (including phenoxy) is 2. The van der Waals surface area contributed by atoms with Gasteiger partial charge in [0, 0.05) is 19.5 Å². The maximum absolute atomic E-state index is 12.6. The van der Waals surface area contributed by atoms with Crippen molar-refractivity contribution < 1.29 is 19.1 Å². The molecule has 0 aliphatic heterocycles. The molecule has 0 aliphatic carbocycles. The molecule has 11 heteroatoms. The molecule has 3 aromatic rings. The number of carbonyl (C=O) groups excluding carboxylic acids is 2. The number of aromatic nitrogens is 3. The fraction of sp³-hybridized carbons (Fsp3) is 0.455. The van der Waals surface area contributed by atoms with Gasteiger partial charge in [0.2, 0.25) is 10.9 Å². The summed E-state index contributed by atoms with van der Waals surface area (Å²) >= 11 is 1.36. The summed E-state index contributed by atoms with van der Waals surface area (Å²) in [6, 6.07) is 9.11. The summed E-state index contributed by atoms with van der Waals surface area (Å²) in [6.45, 7) is 3.82. The maximum Gasteiger partial charge on any atom is 0.409 e. The van der Waals surface area contributed by atoms with Crippen molar-refractivity contribution in [2.24, 2.45) is 5.73 Å². The first kappa shape index (κ1) is 26.2. The molecule has 1 atom stereocenters. The van der Waals surface area contributed by atoms with Crippen LogP contribution in [0, 0.1) is 0 Å². The van der Waals surface area contributed by atoms with Gasteiger partial charge in [0.1, 0.15) is 12.6 Å². The zero-order valence-electron chi connectivity index (χ0n) is 18.6. The fourth-order valence-corrected chi connectivity index (χ4v) is 3.60. The molecule has 33 heavy (non-hydrogen) atoms. The number of hydrogen-bond acceptors (Lipinski definition) is 8. The van der Waals surface area contributed by atoms with Gasteiger partial charge in [-0.3, -0.25) is 9.20 Å². The molecule has 2 aromatic heterocycles. The van der Waals surface area contributed by atoms with Crippen LogP contribution in [0.2, 0.25) is 0 Å². The van der Waals surface area contributed by atoms with Crippen molar-refractivity contribution in [2.75, 3.05) is 20.7 Å². The molecule has 2 amide bonds. The van der Waals surface area contributed by atoms with E-state index in [0.717, 1.165) is 5.56 Å². The van der Waals surface area contributed by atoms with E-state index < -0.39 is 17.7 Å². The largest absolute Gasteiger partial charge is 0.443 e. The number of nitrogens with two attached hydrogens (primary N) is 1. The van der Waals surface area contributed by atoms with Crippen LogP contribution in [0.3, 0.4) is 0 Å². The SMILES string of the molecule is C.CN(C)C(=O)OCc1csc2nnc([C@@H](COCc3ccccc3)NC(=O)C(C)(C)N)n12. The fourth-order valence-electron chi connectivity index (χ4n) is 2.78. The van der Waals surface area contributed by atoms with E-state index in [0.29, 0.717) is 23.1 Å². The van der Waals surface area contributed by atoms with Crippen molar-refractivity contribution in [3.63, 3.8) is 0 Å². The van der Waals surface area contributed by atoms with Crippen molar-refractivity contribution >= 4 is 28.3 Å². The second-order valence-electron chi connectivity index (χ2n) is 8.10. The molecule has 180 valence electrons. The van der Waals surface area contributed by atoms with E-state index in [-0.39, 0.29) is 26.5 Å². The van der Waals surface area contributed by atoms with Crippen LogP contribution in [0.25, 0.3) is 4.96 Å². The lowest BCUT2D eigenvalue weighted by molar-refractivity contribution is -0.126. The third kappa shape index (κ3) is 6.73. The standard InChI is InChI=1S/C21H28N6O4S.CH4/c1-21(2,22)18(28)23-16(12-30-10-14-8-6-5-7-9-14)17-24-25-19-27(17)15(13-32-19)11-31-20(29)26(3)4;/h5-9,13,16H,10-12,22H2,1-4H3,(H,23,28);1H4/t16-;/m1./s1. The summed E-state index contributed by atoms with van der Waals surface area (Å²) in [4.78, 5) is 26.4. The number of nitrogens with one attached hydrogen (secondary N) is 1. The Labute approximate surface area is 197 Å². The number of benzene rings is 1. The molecule has 2 heterocycles. The summed E-state index contributed by atoms with van der Waals surface area (Å²) < 4.78 is 13.0. The van der Waals surface area contributed by atoms with Crippen LogP contribution in [-0.2, 0) is 27.5 Å². The number of carbonyl (C=O) groups is 2. The zero-order chi connectivity index (χ0) is 23.3. The molecule has 0 aliphatic rings. The van der Waals surface area contributed by atoms with Gasteiger partial charge in [-0.2, -0.15) is 0 Å². The van der Waals surface area contributed by atoms with E-state index in [1.807, 2.05) is 35.7 Å². The zero-order valence-corrected chi connectivity index (χ0v) is 19.4. The molecule has 0 saturated carbocycles. The van der Waals surface area contributed by atoms with E-state index in [4.69, 9.17) is 15.2 Å². The molecule has 1 aromatic carbocycles. The smallest absolute Gasteiger partial charge is 0.409 e. The summed E-state index contributed by atoms with van der Waals surface area (Å²) in [7, 11) is 3.22. The Morgan fingerprint density at radius 3 is 2.55 bits per heavy atom. The lowest BCUT2D eigenvalue weighted by Crippen LogP contribution is -2.51. The molecule has 3 rings (SSSR count). The Hall–Kier alpha value is -3.02. The molecule has 0 radical (unpaired) electrons. The lowest BCUT2D eigenvalue weighted by atomic mass is 10.1. The number of amides is 2. The summed E-state index contributed by atoms with van der Waals surface area (Å²) in [5.41, 5.74) is 6.59. The lowest BCUT2D eigenvalue weighted by Gasteiger charge is -2.23. The average Bonchev–Trinajstić information content (AvgIpc) is 3.33. The van der Waals surface area contributed by atoms with Gasteiger partial charge in [-0.15, -0.1) is 21.5 Å². The first-order valence-corrected chi connectivity index (χ1v) is 10.9. The van der Waals surface area contributed by atoms with E-state index in [1.54, 1.807) is 32.3 Å². The van der Waals surface area contributed by atoms with Gasteiger partial charge in [-0.1, -0.05) is 37.8 Å². The minimum atomic E-state index is -1.08. The van der Waals surface area contributed by atoms with Crippen LogP contribution in [-0.4, -0.2) is 57.7 Å². The number of rotatable bonds is 9. The van der Waals surface area contributed by atoms with E-state index in [2.05, 4.69) is 15.5 Å². The molecule has 3 N–H and O–H groups in total. The molecule has 10 nitrogen and oxygen atoms in total. The molecular weight excluding hydrogens is 444 g/mol. The molecule has 0 saturated heterocycles. The third-order valence-electron chi connectivity index (χ3n) is 4.55. The Bertz CT molecular complexity index is 1060. The average molecular weight is 477 g/mol. The van der Waals surface area contributed by atoms with Gasteiger partial charge in [0.15, 0.2) is 5.82 Å². The molecule has 0 bridgehead atoms. The van der Waals surface area contributed by atoms with Crippen LogP contribution in [0.1, 0.15) is 44.4 Å². The van der Waals surface area contributed by atoms with E-state index in [9.17, 15) is 9.59 Å². The normalized spacial score (nSPS) is 12.2. The highest BCUT2D eigenvalue weighted by Crippen LogP contribution is 2.22. The van der Waals surface area contributed by atoms with Gasteiger partial charge in [-0.25, -0.2) is 4.79 Å². The van der Waals surface area contributed by atoms with Crippen LogP contribution in [0.15, 0.2) is 35.7 Å². The van der Waals surface area contributed by atoms with Crippen molar-refractivity contribution in [1.29, 1.82) is 0 Å². The van der Waals surface area contributed by atoms with Crippen LogP contribution in [0.4, 0.5) is 4.79 Å². The Kier molecular flexibility index (Phi) is 8.91. The van der Waals surface area contributed by atoms with E-state index >= 15 is 0 Å². The van der Waals surface area contributed by atoms with Gasteiger partial charge in [0.05, 0.1) is 24.4 Å². The second kappa shape index (κ2) is 11.2. The first-order valence-electron chi connectivity index (χ1n) is 10.0. The van der Waals surface area contributed by atoms with Crippen molar-refractivity contribution in [3.05, 3.63) is 52.8 Å². The van der Waals surface area contributed by atoms with Gasteiger partial charge < -0.3 is 25.4 Å². The second-order valence-corrected chi connectivity index (χ2v) is 8.94. The minimum Gasteiger partial charge on any atom is -0.443 e. The Balaban J connectivity index is 0.00000385. The van der Waals surface area contributed by atoms with Gasteiger partial charge in [-0.05, 0) is 19.4 Å².